The summed E-state index contributed by atoms with van der Waals surface area (Å²) in [5, 5.41) is 0. The van der Waals surface area contributed by atoms with Gasteiger partial charge in [-0.15, -0.1) is 6.58 Å². The third-order valence-corrected chi connectivity index (χ3v) is 3.78. The van der Waals surface area contributed by atoms with Crippen LogP contribution in [0.5, 0.6) is 0 Å². The molecule has 0 aliphatic carbocycles. The van der Waals surface area contributed by atoms with Crippen molar-refractivity contribution in [3.8, 4) is 0 Å². The van der Waals surface area contributed by atoms with Crippen LogP contribution < -0.4 is 0 Å². The van der Waals surface area contributed by atoms with Gasteiger partial charge in [-0.1, -0.05) is 31.2 Å². The van der Waals surface area contributed by atoms with Crippen LogP contribution in [-0.4, -0.2) is 28.5 Å². The van der Waals surface area contributed by atoms with Crippen molar-refractivity contribution < 1.29 is 14.3 Å². The van der Waals surface area contributed by atoms with E-state index < -0.39 is 11.7 Å². The van der Waals surface area contributed by atoms with Gasteiger partial charge in [0.1, 0.15) is 5.60 Å². The molecule has 0 spiro atoms. The molecular formula is C18H23NO3. The van der Waals surface area contributed by atoms with E-state index in [-0.39, 0.29) is 17.9 Å². The summed E-state index contributed by atoms with van der Waals surface area (Å²) < 4.78 is 5.42. The molecule has 1 aliphatic heterocycles. The largest absolute Gasteiger partial charge is 0.443 e. The molecule has 1 aromatic carbocycles. The van der Waals surface area contributed by atoms with E-state index in [1.54, 1.807) is 39.0 Å². The number of hydrogen-bond acceptors (Lipinski definition) is 3. The van der Waals surface area contributed by atoms with Crippen LogP contribution in [0.3, 0.4) is 0 Å². The van der Waals surface area contributed by atoms with Gasteiger partial charge in [0.2, 0.25) is 0 Å². The van der Waals surface area contributed by atoms with Crippen molar-refractivity contribution in [3.63, 3.8) is 0 Å². The van der Waals surface area contributed by atoms with Crippen molar-refractivity contribution in [2.75, 3.05) is 0 Å². The Morgan fingerprint density at radius 3 is 2.55 bits per heavy atom. The Bertz CT molecular complexity index is 601. The van der Waals surface area contributed by atoms with Crippen LogP contribution in [0.4, 0.5) is 4.79 Å². The monoisotopic (exact) mass is 301 g/mol. The minimum absolute atomic E-state index is 0.0774. The Balaban J connectivity index is 2.48. The van der Waals surface area contributed by atoms with E-state index in [1.807, 2.05) is 19.1 Å². The summed E-state index contributed by atoms with van der Waals surface area (Å²) in [5.74, 6) is -0.374. The molecule has 2 rings (SSSR count). The lowest BCUT2D eigenvalue weighted by molar-refractivity contribution is 0.0132. The van der Waals surface area contributed by atoms with Crippen molar-refractivity contribution in [1.82, 2.24) is 4.90 Å². The number of imide groups is 1. The smallest absolute Gasteiger partial charge is 0.417 e. The highest BCUT2D eigenvalue weighted by molar-refractivity contribution is 6.05. The normalized spacial score (nSPS) is 21.3. The minimum Gasteiger partial charge on any atom is -0.443 e. The Labute approximate surface area is 131 Å². The Hall–Kier alpha value is -2.10. The highest BCUT2D eigenvalue weighted by Crippen LogP contribution is 2.36. The Kier molecular flexibility index (Phi) is 4.40. The summed E-state index contributed by atoms with van der Waals surface area (Å²) in [7, 11) is 0. The summed E-state index contributed by atoms with van der Waals surface area (Å²) >= 11 is 0. The second kappa shape index (κ2) is 5.95. The highest BCUT2D eigenvalue weighted by atomic mass is 16.6. The van der Waals surface area contributed by atoms with Gasteiger partial charge in [-0.3, -0.25) is 4.79 Å². The van der Waals surface area contributed by atoms with Crippen LogP contribution in [0, 0.1) is 0 Å². The van der Waals surface area contributed by atoms with Crippen LogP contribution in [0.25, 0.3) is 0 Å². The van der Waals surface area contributed by atoms with Crippen molar-refractivity contribution >= 4 is 12.0 Å². The number of fused-ring (bicyclic) bond motifs is 1. The number of ether oxygens (including phenoxy) is 1. The van der Waals surface area contributed by atoms with Gasteiger partial charge in [0, 0.05) is 11.5 Å². The molecule has 22 heavy (non-hydrogen) atoms. The number of rotatable bonds is 2. The van der Waals surface area contributed by atoms with Crippen LogP contribution in [0.15, 0.2) is 36.9 Å². The van der Waals surface area contributed by atoms with Crippen LogP contribution in [0.1, 0.15) is 56.0 Å². The molecular weight excluding hydrogens is 278 g/mol. The molecule has 0 bridgehead atoms. The third-order valence-electron chi connectivity index (χ3n) is 3.78. The van der Waals surface area contributed by atoms with E-state index in [1.165, 1.54) is 4.90 Å². The maximum atomic E-state index is 12.8. The predicted octanol–water partition coefficient (Wildman–Crippen LogP) is 4.13. The van der Waals surface area contributed by atoms with Gasteiger partial charge in [0.15, 0.2) is 0 Å². The summed E-state index contributed by atoms with van der Waals surface area (Å²) in [6, 6.07) is 7.11. The molecule has 0 saturated carbocycles. The minimum atomic E-state index is -0.643. The molecule has 0 fully saturated rings. The molecule has 0 unspecified atom stereocenters. The highest BCUT2D eigenvalue weighted by Gasteiger charge is 2.42. The van der Waals surface area contributed by atoms with Crippen molar-refractivity contribution in [2.45, 2.75) is 51.7 Å². The zero-order valence-electron chi connectivity index (χ0n) is 13.6. The van der Waals surface area contributed by atoms with Gasteiger partial charge in [-0.25, -0.2) is 9.69 Å². The average molecular weight is 301 g/mol. The summed E-state index contributed by atoms with van der Waals surface area (Å²) in [4.78, 5) is 26.5. The summed E-state index contributed by atoms with van der Waals surface area (Å²) in [6.07, 6.45) is 1.86. The van der Waals surface area contributed by atoms with E-state index in [9.17, 15) is 9.59 Å². The molecule has 0 aromatic heterocycles. The lowest BCUT2D eigenvalue weighted by atomic mass is 9.82. The first kappa shape index (κ1) is 16.3. The van der Waals surface area contributed by atoms with E-state index in [4.69, 9.17) is 4.74 Å². The van der Waals surface area contributed by atoms with Crippen molar-refractivity contribution in [2.24, 2.45) is 0 Å². The molecule has 0 N–H and O–H groups in total. The van der Waals surface area contributed by atoms with E-state index in [0.29, 0.717) is 12.0 Å². The predicted molar refractivity (Wildman–Crippen MR) is 85.9 cm³/mol. The van der Waals surface area contributed by atoms with Gasteiger partial charge in [-0.05, 0) is 38.8 Å². The number of hydrogen-bond donors (Lipinski definition) is 0. The lowest BCUT2D eigenvalue weighted by Crippen LogP contribution is -2.52. The first-order valence-electron chi connectivity index (χ1n) is 7.58. The van der Waals surface area contributed by atoms with E-state index in [2.05, 4.69) is 6.58 Å². The van der Waals surface area contributed by atoms with Crippen molar-refractivity contribution in [1.29, 1.82) is 0 Å². The van der Waals surface area contributed by atoms with Crippen molar-refractivity contribution in [3.05, 3.63) is 48.0 Å². The Morgan fingerprint density at radius 2 is 2.00 bits per heavy atom. The molecule has 1 aromatic rings. The van der Waals surface area contributed by atoms with Gasteiger partial charge in [0.25, 0.3) is 5.91 Å². The van der Waals surface area contributed by atoms with Crippen LogP contribution in [0.2, 0.25) is 0 Å². The fourth-order valence-corrected chi connectivity index (χ4v) is 2.88. The quantitative estimate of drug-likeness (QED) is 0.772. The second-order valence-corrected chi connectivity index (χ2v) is 6.48. The molecule has 1 heterocycles. The summed E-state index contributed by atoms with van der Waals surface area (Å²) in [5.41, 5.74) is 0.827. The molecule has 0 radical (unpaired) electrons. The zero-order valence-corrected chi connectivity index (χ0v) is 13.6. The second-order valence-electron chi connectivity index (χ2n) is 6.48. The fourth-order valence-electron chi connectivity index (χ4n) is 2.88. The average Bonchev–Trinajstić information content (AvgIpc) is 2.45. The number of amides is 2. The van der Waals surface area contributed by atoms with E-state index >= 15 is 0 Å². The van der Waals surface area contributed by atoms with Crippen LogP contribution in [-0.2, 0) is 4.74 Å². The number of carbonyl (C=O) groups is 2. The molecule has 118 valence electrons. The topological polar surface area (TPSA) is 46.6 Å². The molecule has 1 aliphatic rings. The third kappa shape index (κ3) is 2.91. The zero-order chi connectivity index (χ0) is 16.5. The first-order chi connectivity index (χ1) is 10.3. The number of carbonyl (C=O) groups excluding carboxylic acids is 2. The fraction of sp³-hybridized carbons (Fsp3) is 0.444. The number of benzene rings is 1. The van der Waals surface area contributed by atoms with Gasteiger partial charge in [0.05, 0.1) is 6.04 Å². The van der Waals surface area contributed by atoms with Gasteiger partial charge in [-0.2, -0.15) is 0 Å². The maximum Gasteiger partial charge on any atom is 0.417 e. The molecule has 0 saturated heterocycles. The van der Waals surface area contributed by atoms with Gasteiger partial charge < -0.3 is 4.74 Å². The Morgan fingerprint density at radius 1 is 1.36 bits per heavy atom. The number of nitrogens with zero attached hydrogens (tertiary/aromatic N) is 1. The molecule has 2 atom stereocenters. The van der Waals surface area contributed by atoms with E-state index in [0.717, 1.165) is 5.56 Å². The standard InChI is InChI=1S/C18H23NO3/c1-6-12-13-10-8-9-11-14(13)16(20)19(15(12)7-2)17(21)22-18(3,4)5/h6,8-12,15H,1,7H2,2-5H3/t12-,15-/m0/s1. The van der Waals surface area contributed by atoms with Gasteiger partial charge >= 0.3 is 6.09 Å². The molecule has 4 nitrogen and oxygen atoms in total. The first-order valence-corrected chi connectivity index (χ1v) is 7.58. The molecule has 2 amide bonds. The summed E-state index contributed by atoms with van der Waals surface area (Å²) in [6.45, 7) is 11.2. The SMILES string of the molecule is C=C[C@H]1c2ccccc2C(=O)N(C(=O)OC(C)(C)C)[C@H]1CC. The maximum absolute atomic E-state index is 12.8. The lowest BCUT2D eigenvalue weighted by Gasteiger charge is -2.39. The molecule has 4 heteroatoms. The van der Waals surface area contributed by atoms with Crippen LogP contribution >= 0.6 is 0 Å².